The number of anilines is 1. The number of allylic oxidation sites excluding steroid dienone is 4. The Kier molecular flexibility index (Phi) is 10.3. The number of alkyl carbamates (subject to hydrolysis) is 1. The second-order valence-corrected chi connectivity index (χ2v) is 15.0. The van der Waals surface area contributed by atoms with Crippen LogP contribution in [-0.4, -0.2) is 59.6 Å². The van der Waals surface area contributed by atoms with E-state index in [9.17, 15) is 24.3 Å². The van der Waals surface area contributed by atoms with Crippen molar-refractivity contribution in [3.8, 4) is 11.8 Å². The largest absolute Gasteiger partial charge is 0.467 e. The molecule has 2 fully saturated rings. The molecule has 0 unspecified atom stereocenters. The molecule has 9 heteroatoms. The van der Waals surface area contributed by atoms with Crippen LogP contribution in [0.3, 0.4) is 0 Å². The van der Waals surface area contributed by atoms with E-state index in [1.807, 2.05) is 18.2 Å². The number of carbonyl (C=O) groups excluding carboxylic acids is 4. The van der Waals surface area contributed by atoms with Crippen molar-refractivity contribution in [2.75, 3.05) is 19.0 Å². The highest BCUT2D eigenvalue weighted by Gasteiger charge is 2.62. The topological polar surface area (TPSA) is 131 Å². The van der Waals surface area contributed by atoms with E-state index in [1.165, 1.54) is 23.8 Å². The van der Waals surface area contributed by atoms with Gasteiger partial charge in [-0.2, -0.15) is 0 Å². The molecule has 0 saturated heterocycles. The highest BCUT2D eigenvalue weighted by Crippen LogP contribution is 2.66. The Morgan fingerprint density at radius 3 is 2.50 bits per heavy atom. The highest BCUT2D eigenvalue weighted by molar-refractivity contribution is 5.93. The highest BCUT2D eigenvalue weighted by atomic mass is 16.6. The van der Waals surface area contributed by atoms with Gasteiger partial charge in [0.2, 0.25) is 0 Å². The summed E-state index contributed by atoms with van der Waals surface area (Å²) >= 11 is 0. The Bertz CT molecular complexity index is 1570. The van der Waals surface area contributed by atoms with Gasteiger partial charge in [0.25, 0.3) is 0 Å². The molecule has 3 N–H and O–H groups in total. The Hall–Kier alpha value is -3.90. The third-order valence-electron chi connectivity index (χ3n) is 10.9. The SMILES string of the molecule is CC#C[C@]1(O)CC[C@H]2[C@@H]3CCC4=CC(=O)CCC4=C3[C@@H](c3ccc(NCC(=O)CC[C@H](NC(=O)OC(C)(C)C)C(=O)OC)cc3)C[C@@]21C. The van der Waals surface area contributed by atoms with Crippen LogP contribution in [0.15, 0.2) is 47.1 Å². The van der Waals surface area contributed by atoms with Crippen LogP contribution in [-0.2, 0) is 23.9 Å². The fourth-order valence-corrected chi connectivity index (χ4v) is 8.64. The molecule has 4 aliphatic rings. The van der Waals surface area contributed by atoms with Crippen molar-refractivity contribution >= 4 is 29.3 Å². The summed E-state index contributed by atoms with van der Waals surface area (Å²) in [4.78, 5) is 49.6. The molecule has 0 heterocycles. The standard InChI is InChI=1S/C39H50N2O7/c1-7-19-39(46)20-18-32-30-15-10-25-21-27(42)13-16-29(25)34(30)31(22-38(32,39)5)24-8-11-26(12-9-24)40-23-28(43)14-17-33(35(44)47-6)41-36(45)48-37(2,3)4/h8-9,11-12,21,30-33,40,46H,10,13-18,20,22-23H2,1-6H3,(H,41,45)/t30-,31+,32-,33-,38-,39-/m0/s1. The summed E-state index contributed by atoms with van der Waals surface area (Å²) in [5.74, 6) is 6.45. The number of benzene rings is 1. The van der Waals surface area contributed by atoms with E-state index in [0.717, 1.165) is 43.4 Å². The van der Waals surface area contributed by atoms with Crippen LogP contribution < -0.4 is 10.6 Å². The van der Waals surface area contributed by atoms with Gasteiger partial charge in [-0.3, -0.25) is 9.59 Å². The van der Waals surface area contributed by atoms with E-state index in [0.29, 0.717) is 24.7 Å². The quantitative estimate of drug-likeness (QED) is 0.212. The van der Waals surface area contributed by atoms with Crippen LogP contribution in [0.25, 0.3) is 0 Å². The number of hydrogen-bond donors (Lipinski definition) is 3. The molecule has 9 nitrogen and oxygen atoms in total. The molecule has 0 aromatic heterocycles. The molecule has 0 bridgehead atoms. The zero-order valence-electron chi connectivity index (χ0n) is 29.2. The number of methoxy groups -OCH3 is 1. The maximum absolute atomic E-state index is 12.8. The minimum Gasteiger partial charge on any atom is -0.467 e. The summed E-state index contributed by atoms with van der Waals surface area (Å²) in [6.45, 7) is 9.26. The predicted molar refractivity (Wildman–Crippen MR) is 183 cm³/mol. The molecule has 1 aromatic carbocycles. The van der Waals surface area contributed by atoms with Crippen LogP contribution in [0, 0.1) is 29.1 Å². The molecular formula is C39H50N2O7. The van der Waals surface area contributed by atoms with Gasteiger partial charge in [-0.1, -0.05) is 30.6 Å². The molecule has 0 spiro atoms. The van der Waals surface area contributed by atoms with Crippen molar-refractivity contribution in [1.82, 2.24) is 5.32 Å². The number of hydrogen-bond acceptors (Lipinski definition) is 8. The number of Topliss-reactive ketones (excluding diaryl/α,β-unsaturated/α-hetero) is 1. The average Bonchev–Trinajstić information content (AvgIpc) is 3.29. The first-order valence-electron chi connectivity index (χ1n) is 17.2. The molecule has 1 amide bonds. The Morgan fingerprint density at radius 2 is 1.83 bits per heavy atom. The lowest BCUT2D eigenvalue weighted by atomic mass is 9.51. The van der Waals surface area contributed by atoms with Crippen molar-refractivity contribution in [1.29, 1.82) is 0 Å². The summed E-state index contributed by atoms with van der Waals surface area (Å²) in [5, 5.41) is 17.6. The van der Waals surface area contributed by atoms with Crippen molar-refractivity contribution < 1.29 is 33.8 Å². The van der Waals surface area contributed by atoms with Crippen molar-refractivity contribution in [3.63, 3.8) is 0 Å². The number of carbonyl (C=O) groups is 4. The van der Waals surface area contributed by atoms with E-state index in [-0.39, 0.29) is 42.3 Å². The van der Waals surface area contributed by atoms with E-state index in [1.54, 1.807) is 27.7 Å². The zero-order chi connectivity index (χ0) is 34.9. The van der Waals surface area contributed by atoms with Crippen molar-refractivity contribution in [2.24, 2.45) is 17.3 Å². The van der Waals surface area contributed by atoms with E-state index >= 15 is 0 Å². The smallest absolute Gasteiger partial charge is 0.408 e. The van der Waals surface area contributed by atoms with Gasteiger partial charge in [0.1, 0.15) is 17.2 Å². The monoisotopic (exact) mass is 658 g/mol. The summed E-state index contributed by atoms with van der Waals surface area (Å²) in [5.41, 5.74) is 3.83. The molecule has 2 saturated carbocycles. The van der Waals surface area contributed by atoms with Gasteiger partial charge in [-0.25, -0.2) is 9.59 Å². The lowest BCUT2D eigenvalue weighted by Crippen LogP contribution is -2.51. The van der Waals surface area contributed by atoms with Crippen LogP contribution in [0.5, 0.6) is 0 Å². The molecule has 258 valence electrons. The molecule has 5 rings (SSSR count). The normalized spacial score (nSPS) is 28.4. The maximum atomic E-state index is 12.8. The predicted octanol–water partition coefficient (Wildman–Crippen LogP) is 6.17. The van der Waals surface area contributed by atoms with Gasteiger partial charge >= 0.3 is 12.1 Å². The van der Waals surface area contributed by atoms with Crippen LogP contribution >= 0.6 is 0 Å². The van der Waals surface area contributed by atoms with Crippen LogP contribution in [0.2, 0.25) is 0 Å². The van der Waals surface area contributed by atoms with Gasteiger partial charge in [0.15, 0.2) is 11.6 Å². The molecular weight excluding hydrogens is 608 g/mol. The van der Waals surface area contributed by atoms with Gasteiger partial charge in [-0.05, 0) is 119 Å². The number of rotatable bonds is 9. The number of nitrogens with one attached hydrogen (secondary N) is 2. The second-order valence-electron chi connectivity index (χ2n) is 15.0. The third kappa shape index (κ3) is 7.24. The summed E-state index contributed by atoms with van der Waals surface area (Å²) in [6.07, 6.45) is 6.88. The van der Waals surface area contributed by atoms with Gasteiger partial charge in [0.05, 0.1) is 13.7 Å². The van der Waals surface area contributed by atoms with Gasteiger partial charge in [0, 0.05) is 29.9 Å². The Balaban J connectivity index is 1.30. The van der Waals surface area contributed by atoms with E-state index in [4.69, 9.17) is 9.47 Å². The van der Waals surface area contributed by atoms with Crippen molar-refractivity contribution in [3.05, 3.63) is 52.6 Å². The fraction of sp³-hybridized carbons (Fsp3) is 0.590. The lowest BCUT2D eigenvalue weighted by Gasteiger charge is -2.53. The average molecular weight is 659 g/mol. The lowest BCUT2D eigenvalue weighted by molar-refractivity contribution is -0.143. The third-order valence-corrected chi connectivity index (χ3v) is 10.9. The van der Waals surface area contributed by atoms with Crippen LogP contribution in [0.1, 0.15) is 104 Å². The molecule has 6 atom stereocenters. The summed E-state index contributed by atoms with van der Waals surface area (Å²) in [7, 11) is 1.23. The van der Waals surface area contributed by atoms with E-state index in [2.05, 4.69) is 41.5 Å². The first-order chi connectivity index (χ1) is 22.7. The van der Waals surface area contributed by atoms with Crippen molar-refractivity contribution in [2.45, 2.75) is 116 Å². The Labute approximate surface area is 284 Å². The minimum atomic E-state index is -1.03. The van der Waals surface area contributed by atoms with Gasteiger partial charge < -0.3 is 25.2 Å². The van der Waals surface area contributed by atoms with Gasteiger partial charge in [-0.15, -0.1) is 5.92 Å². The number of esters is 1. The molecule has 0 aliphatic heterocycles. The number of aliphatic hydroxyl groups is 1. The molecule has 1 aromatic rings. The first-order valence-corrected chi connectivity index (χ1v) is 17.2. The number of ketones is 2. The zero-order valence-corrected chi connectivity index (χ0v) is 29.2. The number of fused-ring (bicyclic) bond motifs is 4. The number of amides is 1. The fourth-order valence-electron chi connectivity index (χ4n) is 8.64. The Morgan fingerprint density at radius 1 is 1.10 bits per heavy atom. The molecule has 4 aliphatic carbocycles. The second kappa shape index (κ2) is 13.9. The van der Waals surface area contributed by atoms with Crippen LogP contribution in [0.4, 0.5) is 10.5 Å². The minimum absolute atomic E-state index is 0.0582. The molecule has 0 radical (unpaired) electrons. The summed E-state index contributed by atoms with van der Waals surface area (Å²) in [6, 6.07) is 7.18. The number of ether oxygens (including phenoxy) is 2. The van der Waals surface area contributed by atoms with E-state index < -0.39 is 29.3 Å². The molecule has 48 heavy (non-hydrogen) atoms. The summed E-state index contributed by atoms with van der Waals surface area (Å²) < 4.78 is 10.1. The maximum Gasteiger partial charge on any atom is 0.408 e. The first kappa shape index (κ1) is 35.4.